The summed E-state index contributed by atoms with van der Waals surface area (Å²) in [6.45, 7) is 0.920. The lowest BCUT2D eigenvalue weighted by Gasteiger charge is -2.11. The first-order valence-corrected chi connectivity index (χ1v) is 8.48. The van der Waals surface area contributed by atoms with Gasteiger partial charge in [0.25, 0.3) is 0 Å². The van der Waals surface area contributed by atoms with Gasteiger partial charge in [0, 0.05) is 28.4 Å². The van der Waals surface area contributed by atoms with Crippen LogP contribution in [0.4, 0.5) is 0 Å². The first-order valence-electron chi connectivity index (χ1n) is 8.48. The molecule has 0 fully saturated rings. The second-order valence-electron chi connectivity index (χ2n) is 6.13. The quantitative estimate of drug-likeness (QED) is 0.510. The molecule has 3 nitrogen and oxygen atoms in total. The number of benzene rings is 3. The monoisotopic (exact) mass is 331 g/mol. The van der Waals surface area contributed by atoms with Gasteiger partial charge in [-0.25, -0.2) is 0 Å². The molecule has 4 aromatic rings. The Balaban J connectivity index is 1.71. The van der Waals surface area contributed by atoms with Crippen LogP contribution in [0.15, 0.2) is 66.7 Å². The number of aryl methyl sites for hydroxylation is 2. The Labute approximate surface area is 147 Å². The van der Waals surface area contributed by atoms with Gasteiger partial charge < -0.3 is 14.0 Å². The molecule has 0 bridgehead atoms. The van der Waals surface area contributed by atoms with Gasteiger partial charge >= 0.3 is 0 Å². The van der Waals surface area contributed by atoms with Crippen LogP contribution >= 0.6 is 0 Å². The van der Waals surface area contributed by atoms with Crippen LogP contribution in [-0.2, 0) is 13.0 Å². The number of hydrogen-bond donors (Lipinski definition) is 0. The molecule has 0 spiro atoms. The highest BCUT2D eigenvalue weighted by Crippen LogP contribution is 2.30. The van der Waals surface area contributed by atoms with E-state index in [0.717, 1.165) is 24.5 Å². The zero-order chi connectivity index (χ0) is 17.2. The summed E-state index contributed by atoms with van der Waals surface area (Å²) in [5, 5.41) is 2.62. The molecule has 126 valence electrons. The van der Waals surface area contributed by atoms with Crippen LogP contribution in [0.3, 0.4) is 0 Å². The normalized spacial score (nSPS) is 11.1. The topological polar surface area (TPSA) is 23.4 Å². The van der Waals surface area contributed by atoms with Crippen molar-refractivity contribution in [3.8, 4) is 11.5 Å². The third kappa shape index (κ3) is 2.72. The molecule has 25 heavy (non-hydrogen) atoms. The fraction of sp³-hybridized carbons (Fsp3) is 0.182. The largest absolute Gasteiger partial charge is 0.493 e. The number of hydrogen-bond acceptors (Lipinski definition) is 2. The van der Waals surface area contributed by atoms with Gasteiger partial charge in [0.2, 0.25) is 0 Å². The number of methoxy groups -OCH3 is 2. The number of nitrogens with zero attached hydrogens (tertiary/aromatic N) is 1. The van der Waals surface area contributed by atoms with Crippen molar-refractivity contribution >= 4 is 21.8 Å². The van der Waals surface area contributed by atoms with Crippen molar-refractivity contribution in [3.63, 3.8) is 0 Å². The number of aromatic nitrogens is 1. The summed E-state index contributed by atoms with van der Waals surface area (Å²) in [6, 6.07) is 23.4. The van der Waals surface area contributed by atoms with E-state index in [-0.39, 0.29) is 0 Å². The van der Waals surface area contributed by atoms with E-state index < -0.39 is 0 Å². The summed E-state index contributed by atoms with van der Waals surface area (Å²) in [5.74, 6) is 1.55. The zero-order valence-corrected chi connectivity index (χ0v) is 14.5. The third-order valence-electron chi connectivity index (χ3n) is 4.75. The van der Waals surface area contributed by atoms with Crippen molar-refractivity contribution in [2.75, 3.05) is 14.2 Å². The molecule has 0 radical (unpaired) electrons. The van der Waals surface area contributed by atoms with E-state index in [1.165, 1.54) is 27.4 Å². The molecule has 0 aliphatic heterocycles. The summed E-state index contributed by atoms with van der Waals surface area (Å²) in [5.41, 5.74) is 3.80. The molecule has 0 atom stereocenters. The molecule has 3 aromatic carbocycles. The van der Waals surface area contributed by atoms with Gasteiger partial charge in [-0.2, -0.15) is 0 Å². The molecule has 0 saturated carbocycles. The minimum absolute atomic E-state index is 0.767. The molecule has 1 heterocycles. The van der Waals surface area contributed by atoms with E-state index in [4.69, 9.17) is 9.47 Å². The fourth-order valence-corrected chi connectivity index (χ4v) is 3.52. The van der Waals surface area contributed by atoms with Crippen LogP contribution in [0.25, 0.3) is 21.8 Å². The molecule has 0 saturated heterocycles. The Morgan fingerprint density at radius 2 is 1.32 bits per heavy atom. The van der Waals surface area contributed by atoms with Crippen LogP contribution in [0.2, 0.25) is 0 Å². The van der Waals surface area contributed by atoms with Crippen LogP contribution in [0.1, 0.15) is 5.56 Å². The number of rotatable bonds is 5. The smallest absolute Gasteiger partial charge is 0.160 e. The van der Waals surface area contributed by atoms with E-state index in [9.17, 15) is 0 Å². The van der Waals surface area contributed by atoms with Crippen LogP contribution in [0, 0.1) is 0 Å². The van der Waals surface area contributed by atoms with Crippen molar-refractivity contribution < 1.29 is 9.47 Å². The molecular weight excluding hydrogens is 310 g/mol. The summed E-state index contributed by atoms with van der Waals surface area (Å²) >= 11 is 0. The zero-order valence-electron chi connectivity index (χ0n) is 14.5. The lowest BCUT2D eigenvalue weighted by atomic mass is 10.1. The summed E-state index contributed by atoms with van der Waals surface area (Å²) < 4.78 is 13.2. The van der Waals surface area contributed by atoms with E-state index in [1.54, 1.807) is 14.2 Å². The Kier molecular flexibility index (Phi) is 4.06. The van der Waals surface area contributed by atoms with Crippen LogP contribution in [0.5, 0.6) is 11.5 Å². The maximum Gasteiger partial charge on any atom is 0.160 e. The molecule has 3 heteroatoms. The van der Waals surface area contributed by atoms with Crippen molar-refractivity contribution in [3.05, 3.63) is 72.3 Å². The predicted molar refractivity (Wildman–Crippen MR) is 103 cm³/mol. The molecule has 0 unspecified atom stereocenters. The van der Waals surface area contributed by atoms with Crippen molar-refractivity contribution in [1.29, 1.82) is 0 Å². The molecular formula is C22H21NO2. The maximum absolute atomic E-state index is 5.42. The molecule has 4 rings (SSSR count). The van der Waals surface area contributed by atoms with Gasteiger partial charge in [0.15, 0.2) is 11.5 Å². The van der Waals surface area contributed by atoms with Crippen LogP contribution < -0.4 is 9.47 Å². The van der Waals surface area contributed by atoms with E-state index in [1.807, 2.05) is 6.07 Å². The summed E-state index contributed by atoms with van der Waals surface area (Å²) in [4.78, 5) is 0. The van der Waals surface area contributed by atoms with Crippen molar-refractivity contribution in [2.45, 2.75) is 13.0 Å². The minimum atomic E-state index is 0.767. The van der Waals surface area contributed by atoms with Gasteiger partial charge in [-0.1, -0.05) is 42.5 Å². The highest BCUT2D eigenvalue weighted by atomic mass is 16.5. The standard InChI is InChI=1S/C22H21NO2/c1-24-21-12-11-16(15-22(21)25-2)13-14-23-19-9-5-3-7-17(19)18-8-4-6-10-20(18)23/h3-12,15H,13-14H2,1-2H3. The summed E-state index contributed by atoms with van der Waals surface area (Å²) in [7, 11) is 3.34. The second-order valence-corrected chi connectivity index (χ2v) is 6.13. The molecule has 1 aromatic heterocycles. The van der Waals surface area contributed by atoms with Gasteiger partial charge in [0.1, 0.15) is 0 Å². The first kappa shape index (κ1) is 15.6. The average molecular weight is 331 g/mol. The fourth-order valence-electron chi connectivity index (χ4n) is 3.52. The Morgan fingerprint density at radius 3 is 1.92 bits per heavy atom. The van der Waals surface area contributed by atoms with E-state index in [0.29, 0.717) is 0 Å². The summed E-state index contributed by atoms with van der Waals surface area (Å²) in [6.07, 6.45) is 0.934. The highest BCUT2D eigenvalue weighted by molar-refractivity contribution is 6.07. The maximum atomic E-state index is 5.42. The molecule has 0 N–H and O–H groups in total. The van der Waals surface area contributed by atoms with E-state index in [2.05, 4.69) is 65.2 Å². The second kappa shape index (κ2) is 6.52. The SMILES string of the molecule is COc1ccc(CCn2c3ccccc3c3ccccc32)cc1OC. The van der Waals surface area contributed by atoms with Gasteiger partial charge in [-0.3, -0.25) is 0 Å². The first-order chi connectivity index (χ1) is 12.3. The Morgan fingerprint density at radius 1 is 0.720 bits per heavy atom. The van der Waals surface area contributed by atoms with Crippen LogP contribution in [-0.4, -0.2) is 18.8 Å². The van der Waals surface area contributed by atoms with Gasteiger partial charge in [-0.15, -0.1) is 0 Å². The van der Waals surface area contributed by atoms with E-state index >= 15 is 0 Å². The lowest BCUT2D eigenvalue weighted by Crippen LogP contribution is -2.01. The minimum Gasteiger partial charge on any atom is -0.493 e. The lowest BCUT2D eigenvalue weighted by molar-refractivity contribution is 0.354. The molecule has 0 amide bonds. The van der Waals surface area contributed by atoms with Crippen molar-refractivity contribution in [1.82, 2.24) is 4.57 Å². The Hall–Kier alpha value is -2.94. The third-order valence-corrected chi connectivity index (χ3v) is 4.75. The predicted octanol–water partition coefficient (Wildman–Crippen LogP) is 5.05. The highest BCUT2D eigenvalue weighted by Gasteiger charge is 2.10. The molecule has 0 aliphatic carbocycles. The van der Waals surface area contributed by atoms with Gasteiger partial charge in [-0.05, 0) is 36.2 Å². The van der Waals surface area contributed by atoms with Gasteiger partial charge in [0.05, 0.1) is 14.2 Å². The average Bonchev–Trinajstić information content (AvgIpc) is 3.00. The Bertz CT molecular complexity index is 979. The number of para-hydroxylation sites is 2. The number of ether oxygens (including phenoxy) is 2. The van der Waals surface area contributed by atoms with Crippen molar-refractivity contribution in [2.24, 2.45) is 0 Å². The molecule has 0 aliphatic rings. The number of fused-ring (bicyclic) bond motifs is 3.